The van der Waals surface area contributed by atoms with Gasteiger partial charge in [-0.1, -0.05) is 17.9 Å². The average molecular weight is 268 g/mol. The number of nitrogens with two attached hydrogens (primary N) is 1. The highest BCUT2D eigenvalue weighted by molar-refractivity contribution is 6.04. The number of carbonyl (C=O) groups excluding carboxylic acids is 1. The molecule has 5 nitrogen and oxygen atoms in total. The summed E-state index contributed by atoms with van der Waals surface area (Å²) in [5, 5.41) is 6.82. The third kappa shape index (κ3) is 3.25. The Balaban J connectivity index is 2.26. The van der Waals surface area contributed by atoms with Gasteiger partial charge in [0.15, 0.2) is 0 Å². The van der Waals surface area contributed by atoms with Crippen LogP contribution in [0.2, 0.25) is 0 Å². The standard InChI is InChI=1S/C15H16N4O/c1-11-5-6-14(12(8-11)4-3-7-16)18-15(20)13-9-17-19(2)10-13/h5-6,8-10H,7,16H2,1-2H3,(H,18,20). The van der Waals surface area contributed by atoms with Crippen molar-refractivity contribution in [1.82, 2.24) is 9.78 Å². The predicted molar refractivity (Wildman–Crippen MR) is 78.3 cm³/mol. The molecule has 5 heteroatoms. The quantitative estimate of drug-likeness (QED) is 0.806. The Morgan fingerprint density at radius 2 is 2.30 bits per heavy atom. The van der Waals surface area contributed by atoms with E-state index in [9.17, 15) is 4.79 Å². The molecule has 2 aromatic rings. The van der Waals surface area contributed by atoms with E-state index in [4.69, 9.17) is 5.73 Å². The summed E-state index contributed by atoms with van der Waals surface area (Å²) in [6, 6.07) is 5.68. The van der Waals surface area contributed by atoms with Gasteiger partial charge in [0.25, 0.3) is 5.91 Å². The highest BCUT2D eigenvalue weighted by Gasteiger charge is 2.10. The lowest BCUT2D eigenvalue weighted by atomic mass is 10.1. The van der Waals surface area contributed by atoms with E-state index in [1.165, 1.54) is 6.20 Å². The molecule has 0 atom stereocenters. The van der Waals surface area contributed by atoms with Gasteiger partial charge in [-0.3, -0.25) is 9.48 Å². The molecule has 0 aliphatic heterocycles. The van der Waals surface area contributed by atoms with Gasteiger partial charge in [-0.15, -0.1) is 0 Å². The normalized spacial score (nSPS) is 9.75. The number of anilines is 1. The maximum Gasteiger partial charge on any atom is 0.258 e. The molecule has 0 saturated heterocycles. The molecule has 1 aromatic heterocycles. The third-order valence-corrected chi connectivity index (χ3v) is 2.72. The van der Waals surface area contributed by atoms with Crippen LogP contribution < -0.4 is 11.1 Å². The first-order valence-electron chi connectivity index (χ1n) is 6.19. The predicted octanol–water partition coefficient (Wildman–Crippen LogP) is 1.29. The van der Waals surface area contributed by atoms with Crippen LogP contribution in [0.1, 0.15) is 21.5 Å². The Hall–Kier alpha value is -2.58. The number of amides is 1. The molecule has 1 heterocycles. The van der Waals surface area contributed by atoms with Gasteiger partial charge in [-0.2, -0.15) is 5.10 Å². The molecule has 0 spiro atoms. The van der Waals surface area contributed by atoms with Gasteiger partial charge >= 0.3 is 0 Å². The van der Waals surface area contributed by atoms with Gasteiger partial charge in [0, 0.05) is 18.8 Å². The van der Waals surface area contributed by atoms with Gasteiger partial charge in [0.05, 0.1) is 24.0 Å². The molecule has 1 aromatic carbocycles. The molecular formula is C15H16N4O. The fourth-order valence-corrected chi connectivity index (χ4v) is 1.75. The molecule has 0 unspecified atom stereocenters. The van der Waals surface area contributed by atoms with Crippen molar-refractivity contribution < 1.29 is 4.79 Å². The van der Waals surface area contributed by atoms with Crippen molar-refractivity contribution >= 4 is 11.6 Å². The summed E-state index contributed by atoms with van der Waals surface area (Å²) in [7, 11) is 1.76. The summed E-state index contributed by atoms with van der Waals surface area (Å²) >= 11 is 0. The minimum absolute atomic E-state index is 0.210. The summed E-state index contributed by atoms with van der Waals surface area (Å²) in [5.41, 5.74) is 8.40. The van der Waals surface area contributed by atoms with Crippen molar-refractivity contribution in [2.24, 2.45) is 12.8 Å². The van der Waals surface area contributed by atoms with Crippen molar-refractivity contribution in [2.45, 2.75) is 6.92 Å². The lowest BCUT2D eigenvalue weighted by Crippen LogP contribution is -2.12. The molecule has 0 bridgehead atoms. The van der Waals surface area contributed by atoms with E-state index >= 15 is 0 Å². The Morgan fingerprint density at radius 3 is 2.95 bits per heavy atom. The molecule has 0 radical (unpaired) electrons. The third-order valence-electron chi connectivity index (χ3n) is 2.72. The van der Waals surface area contributed by atoms with Crippen LogP contribution in [0.15, 0.2) is 30.6 Å². The Morgan fingerprint density at radius 1 is 1.50 bits per heavy atom. The summed E-state index contributed by atoms with van der Waals surface area (Å²) < 4.78 is 1.58. The van der Waals surface area contributed by atoms with Crippen LogP contribution in [-0.4, -0.2) is 22.2 Å². The minimum atomic E-state index is -0.210. The maximum absolute atomic E-state index is 12.1. The Kier molecular flexibility index (Phi) is 4.18. The molecule has 1 amide bonds. The second kappa shape index (κ2) is 6.04. The number of hydrogen-bond donors (Lipinski definition) is 2. The molecule has 3 N–H and O–H groups in total. The number of aryl methyl sites for hydroxylation is 2. The zero-order valence-electron chi connectivity index (χ0n) is 11.5. The molecular weight excluding hydrogens is 252 g/mol. The Labute approximate surface area is 117 Å². The van der Waals surface area contributed by atoms with Crippen LogP contribution in [0.25, 0.3) is 0 Å². The first-order chi connectivity index (χ1) is 9.60. The topological polar surface area (TPSA) is 72.9 Å². The van der Waals surface area contributed by atoms with Crippen LogP contribution in [0.4, 0.5) is 5.69 Å². The summed E-state index contributed by atoms with van der Waals surface area (Å²) in [6.07, 6.45) is 3.18. The number of nitrogens with zero attached hydrogens (tertiary/aromatic N) is 2. The van der Waals surface area contributed by atoms with E-state index < -0.39 is 0 Å². The van der Waals surface area contributed by atoms with E-state index in [1.54, 1.807) is 17.9 Å². The summed E-state index contributed by atoms with van der Waals surface area (Å²) in [4.78, 5) is 12.1. The van der Waals surface area contributed by atoms with Crippen LogP contribution in [0.3, 0.4) is 0 Å². The number of carbonyl (C=O) groups is 1. The van der Waals surface area contributed by atoms with Gasteiger partial charge in [-0.05, 0) is 24.6 Å². The number of hydrogen-bond acceptors (Lipinski definition) is 3. The fraction of sp³-hybridized carbons (Fsp3) is 0.200. The number of rotatable bonds is 2. The van der Waals surface area contributed by atoms with Crippen molar-refractivity contribution in [2.75, 3.05) is 11.9 Å². The zero-order chi connectivity index (χ0) is 14.5. The number of benzene rings is 1. The average Bonchev–Trinajstić information content (AvgIpc) is 2.85. The van der Waals surface area contributed by atoms with Crippen LogP contribution in [0, 0.1) is 18.8 Å². The van der Waals surface area contributed by atoms with Crippen molar-refractivity contribution in [3.05, 3.63) is 47.3 Å². The smallest absolute Gasteiger partial charge is 0.258 e. The highest BCUT2D eigenvalue weighted by Crippen LogP contribution is 2.17. The number of nitrogens with one attached hydrogen (secondary N) is 1. The van der Waals surface area contributed by atoms with Crippen LogP contribution in [0.5, 0.6) is 0 Å². The first-order valence-corrected chi connectivity index (χ1v) is 6.19. The maximum atomic E-state index is 12.1. The molecule has 102 valence electrons. The molecule has 20 heavy (non-hydrogen) atoms. The van der Waals surface area contributed by atoms with E-state index in [0.717, 1.165) is 11.1 Å². The van der Waals surface area contributed by atoms with E-state index in [0.29, 0.717) is 11.3 Å². The minimum Gasteiger partial charge on any atom is -0.321 e. The van der Waals surface area contributed by atoms with Crippen molar-refractivity contribution in [3.63, 3.8) is 0 Å². The van der Waals surface area contributed by atoms with E-state index in [-0.39, 0.29) is 12.5 Å². The Bertz CT molecular complexity index is 691. The SMILES string of the molecule is Cc1ccc(NC(=O)c2cnn(C)c2)c(C#CCN)c1. The lowest BCUT2D eigenvalue weighted by molar-refractivity contribution is 0.102. The van der Waals surface area contributed by atoms with Gasteiger partial charge in [-0.25, -0.2) is 0 Å². The van der Waals surface area contributed by atoms with E-state index in [2.05, 4.69) is 22.3 Å². The lowest BCUT2D eigenvalue weighted by Gasteiger charge is -2.07. The van der Waals surface area contributed by atoms with Gasteiger partial charge < -0.3 is 11.1 Å². The molecule has 0 fully saturated rings. The van der Waals surface area contributed by atoms with Gasteiger partial charge in [0.2, 0.25) is 0 Å². The molecule has 0 saturated carbocycles. The van der Waals surface area contributed by atoms with Gasteiger partial charge in [0.1, 0.15) is 0 Å². The van der Waals surface area contributed by atoms with E-state index in [1.807, 2.05) is 25.1 Å². The second-order valence-electron chi connectivity index (χ2n) is 4.41. The molecule has 0 aliphatic rings. The first kappa shape index (κ1) is 13.8. The summed E-state index contributed by atoms with van der Waals surface area (Å²) in [5.74, 6) is 5.55. The highest BCUT2D eigenvalue weighted by atomic mass is 16.1. The second-order valence-corrected chi connectivity index (χ2v) is 4.41. The van der Waals surface area contributed by atoms with Crippen LogP contribution >= 0.6 is 0 Å². The van der Waals surface area contributed by atoms with Crippen molar-refractivity contribution in [3.8, 4) is 11.8 Å². The monoisotopic (exact) mass is 268 g/mol. The molecule has 2 rings (SSSR count). The fourth-order valence-electron chi connectivity index (χ4n) is 1.75. The van der Waals surface area contributed by atoms with Crippen molar-refractivity contribution in [1.29, 1.82) is 0 Å². The largest absolute Gasteiger partial charge is 0.321 e. The summed E-state index contributed by atoms with van der Waals surface area (Å²) in [6.45, 7) is 2.25. The van der Waals surface area contributed by atoms with Crippen LogP contribution in [-0.2, 0) is 7.05 Å². The molecule has 0 aliphatic carbocycles. The zero-order valence-corrected chi connectivity index (χ0v) is 11.5. The number of aromatic nitrogens is 2.